The van der Waals surface area contributed by atoms with E-state index >= 15 is 0 Å². The minimum absolute atomic E-state index is 0.0411. The number of nitrogens with one attached hydrogen (secondary N) is 1. The lowest BCUT2D eigenvalue weighted by Crippen LogP contribution is -2.46. The second-order valence-electron chi connectivity index (χ2n) is 5.16. The quantitative estimate of drug-likeness (QED) is 0.610. The Bertz CT molecular complexity index is 828. The van der Waals surface area contributed by atoms with Crippen LogP contribution in [0.2, 0.25) is 0 Å². The number of nitrogens with two attached hydrogens (primary N) is 1. The summed E-state index contributed by atoms with van der Waals surface area (Å²) >= 11 is 0. The number of carbonyl (C=O) groups excluding carboxylic acids is 2. The van der Waals surface area contributed by atoms with Gasteiger partial charge in [-0.1, -0.05) is 30.3 Å². The topological polar surface area (TPSA) is 115 Å². The van der Waals surface area contributed by atoms with Crippen molar-refractivity contribution in [3.63, 3.8) is 0 Å². The molecule has 2 rings (SSSR count). The van der Waals surface area contributed by atoms with E-state index in [1.807, 2.05) is 0 Å². The maximum Gasteiger partial charge on any atom is 0.285 e. The molecule has 0 unspecified atom stereocenters. The summed E-state index contributed by atoms with van der Waals surface area (Å²) in [6.45, 7) is 0. The fourth-order valence-corrected chi connectivity index (χ4v) is 2.18. The molecule has 7 nitrogen and oxygen atoms in total. The molecule has 0 radical (unpaired) electrons. The third-order valence-electron chi connectivity index (χ3n) is 3.41. The maximum atomic E-state index is 13.4. The number of hydrogen-bond donors (Lipinski definition) is 2. The SMILES string of the molecule is NC(=O)[C@@H](Cc1ccccc1)NC(=O)c1cc(F)c(F)cc1[N+](=O)[O-]. The monoisotopic (exact) mass is 349 g/mol. The predicted molar refractivity (Wildman–Crippen MR) is 83.6 cm³/mol. The number of primary amides is 1. The zero-order chi connectivity index (χ0) is 18.6. The van der Waals surface area contributed by atoms with Crippen molar-refractivity contribution in [3.05, 3.63) is 75.3 Å². The van der Waals surface area contributed by atoms with Gasteiger partial charge in [0.2, 0.25) is 5.91 Å². The third-order valence-corrected chi connectivity index (χ3v) is 3.41. The summed E-state index contributed by atoms with van der Waals surface area (Å²) < 4.78 is 26.5. The van der Waals surface area contributed by atoms with E-state index in [1.165, 1.54) is 0 Å². The highest BCUT2D eigenvalue weighted by Crippen LogP contribution is 2.22. The molecule has 2 amide bonds. The van der Waals surface area contributed by atoms with Crippen LogP contribution in [0.15, 0.2) is 42.5 Å². The summed E-state index contributed by atoms with van der Waals surface area (Å²) in [4.78, 5) is 33.7. The first-order valence-corrected chi connectivity index (χ1v) is 7.07. The number of halogens is 2. The van der Waals surface area contributed by atoms with Crippen LogP contribution in [0.25, 0.3) is 0 Å². The predicted octanol–water partition coefficient (Wildman–Crippen LogP) is 1.70. The molecule has 0 heterocycles. The molecule has 9 heteroatoms. The summed E-state index contributed by atoms with van der Waals surface area (Å²) in [7, 11) is 0. The second kappa shape index (κ2) is 7.47. The number of nitro groups is 1. The van der Waals surface area contributed by atoms with Crippen LogP contribution in [0.3, 0.4) is 0 Å². The summed E-state index contributed by atoms with van der Waals surface area (Å²) in [5.41, 5.74) is 4.31. The van der Waals surface area contributed by atoms with E-state index in [9.17, 15) is 28.5 Å². The number of nitro benzene ring substituents is 1. The molecule has 130 valence electrons. The molecular weight excluding hydrogens is 336 g/mol. The first-order chi connectivity index (χ1) is 11.8. The lowest BCUT2D eigenvalue weighted by molar-refractivity contribution is -0.385. The highest BCUT2D eigenvalue weighted by Gasteiger charge is 2.27. The Kier molecular flexibility index (Phi) is 5.38. The Morgan fingerprint density at radius 1 is 1.16 bits per heavy atom. The number of amides is 2. The normalized spacial score (nSPS) is 11.6. The highest BCUT2D eigenvalue weighted by atomic mass is 19.2. The van der Waals surface area contributed by atoms with Crippen LogP contribution >= 0.6 is 0 Å². The van der Waals surface area contributed by atoms with Crippen LogP contribution in [-0.2, 0) is 11.2 Å². The van der Waals surface area contributed by atoms with E-state index in [2.05, 4.69) is 5.32 Å². The van der Waals surface area contributed by atoms with Crippen LogP contribution in [0.5, 0.6) is 0 Å². The van der Waals surface area contributed by atoms with Gasteiger partial charge in [0.25, 0.3) is 11.6 Å². The van der Waals surface area contributed by atoms with Crippen molar-refractivity contribution in [2.24, 2.45) is 5.73 Å². The van der Waals surface area contributed by atoms with Gasteiger partial charge in [-0.15, -0.1) is 0 Å². The van der Waals surface area contributed by atoms with Gasteiger partial charge in [0.1, 0.15) is 11.6 Å². The zero-order valence-electron chi connectivity index (χ0n) is 12.7. The number of benzene rings is 2. The summed E-state index contributed by atoms with van der Waals surface area (Å²) in [6.07, 6.45) is 0.0411. The van der Waals surface area contributed by atoms with Crippen LogP contribution in [0.1, 0.15) is 15.9 Å². The second-order valence-corrected chi connectivity index (χ2v) is 5.16. The first kappa shape index (κ1) is 18.0. The zero-order valence-corrected chi connectivity index (χ0v) is 12.7. The lowest BCUT2D eigenvalue weighted by atomic mass is 10.0. The molecular formula is C16H13F2N3O4. The Labute approximate surface area is 140 Å². The molecule has 0 aliphatic carbocycles. The van der Waals surface area contributed by atoms with E-state index in [0.717, 1.165) is 0 Å². The molecule has 0 bridgehead atoms. The minimum Gasteiger partial charge on any atom is -0.368 e. The van der Waals surface area contributed by atoms with Crippen LogP contribution in [-0.4, -0.2) is 22.8 Å². The van der Waals surface area contributed by atoms with Gasteiger partial charge in [-0.25, -0.2) is 8.78 Å². The molecule has 3 N–H and O–H groups in total. The standard InChI is InChI=1S/C16H13F2N3O4/c17-11-7-10(14(21(24)25)8-12(11)18)16(23)20-13(15(19)22)6-9-4-2-1-3-5-9/h1-5,7-8,13H,6H2,(H2,19,22)(H,20,23)/t13-/m1/s1. The minimum atomic E-state index is -1.46. The van der Waals surface area contributed by atoms with Gasteiger partial charge in [0.05, 0.1) is 11.0 Å². The van der Waals surface area contributed by atoms with Crippen molar-refractivity contribution < 1.29 is 23.3 Å². The molecule has 0 fully saturated rings. The molecule has 0 saturated heterocycles. The molecule has 1 atom stereocenters. The Morgan fingerprint density at radius 3 is 2.32 bits per heavy atom. The molecule has 2 aromatic rings. The van der Waals surface area contributed by atoms with Gasteiger partial charge in [0, 0.05) is 6.42 Å². The molecule has 0 aliphatic rings. The van der Waals surface area contributed by atoms with Crippen molar-refractivity contribution in [2.75, 3.05) is 0 Å². The largest absolute Gasteiger partial charge is 0.368 e. The number of nitrogens with zero attached hydrogens (tertiary/aromatic N) is 1. The van der Waals surface area contributed by atoms with Crippen LogP contribution in [0.4, 0.5) is 14.5 Å². The first-order valence-electron chi connectivity index (χ1n) is 7.07. The summed E-state index contributed by atoms with van der Waals surface area (Å²) in [5, 5.41) is 13.2. The average Bonchev–Trinajstić information content (AvgIpc) is 2.56. The van der Waals surface area contributed by atoms with Gasteiger partial charge < -0.3 is 11.1 Å². The van der Waals surface area contributed by atoms with E-state index in [-0.39, 0.29) is 6.42 Å². The van der Waals surface area contributed by atoms with Crippen molar-refractivity contribution in [1.29, 1.82) is 0 Å². The van der Waals surface area contributed by atoms with E-state index in [0.29, 0.717) is 17.7 Å². The molecule has 0 aromatic heterocycles. The smallest absolute Gasteiger partial charge is 0.285 e. The summed E-state index contributed by atoms with van der Waals surface area (Å²) in [5.74, 6) is -4.86. The molecule has 25 heavy (non-hydrogen) atoms. The van der Waals surface area contributed by atoms with Gasteiger partial charge >= 0.3 is 0 Å². The van der Waals surface area contributed by atoms with Crippen molar-refractivity contribution in [3.8, 4) is 0 Å². The van der Waals surface area contributed by atoms with Crippen molar-refractivity contribution in [2.45, 2.75) is 12.5 Å². The highest BCUT2D eigenvalue weighted by molar-refractivity contribution is 6.00. The fourth-order valence-electron chi connectivity index (χ4n) is 2.18. The fraction of sp³-hybridized carbons (Fsp3) is 0.125. The van der Waals surface area contributed by atoms with Crippen molar-refractivity contribution in [1.82, 2.24) is 5.32 Å². The van der Waals surface area contributed by atoms with Gasteiger partial charge in [-0.05, 0) is 11.6 Å². The van der Waals surface area contributed by atoms with Crippen LogP contribution in [0, 0.1) is 21.7 Å². The van der Waals surface area contributed by atoms with Gasteiger partial charge in [-0.2, -0.15) is 0 Å². The lowest BCUT2D eigenvalue weighted by Gasteiger charge is -2.15. The Morgan fingerprint density at radius 2 is 1.76 bits per heavy atom. The van der Waals surface area contributed by atoms with E-state index in [4.69, 9.17) is 5.73 Å². The molecule has 0 aliphatic heterocycles. The van der Waals surface area contributed by atoms with Gasteiger partial charge in [0.15, 0.2) is 11.6 Å². The van der Waals surface area contributed by atoms with Crippen LogP contribution < -0.4 is 11.1 Å². The maximum absolute atomic E-state index is 13.4. The average molecular weight is 349 g/mol. The van der Waals surface area contributed by atoms with Gasteiger partial charge in [-0.3, -0.25) is 19.7 Å². The Hall–Kier alpha value is -3.36. The molecule has 0 spiro atoms. The number of carbonyl (C=O) groups is 2. The van der Waals surface area contributed by atoms with Crippen molar-refractivity contribution >= 4 is 17.5 Å². The van der Waals surface area contributed by atoms with E-state index < -0.39 is 45.7 Å². The third kappa shape index (κ3) is 4.34. The Balaban J connectivity index is 2.28. The number of rotatable bonds is 6. The van der Waals surface area contributed by atoms with E-state index in [1.54, 1.807) is 30.3 Å². The summed E-state index contributed by atoms with van der Waals surface area (Å²) in [6, 6.07) is 8.12. The number of hydrogen-bond acceptors (Lipinski definition) is 4. The molecule has 0 saturated carbocycles. The molecule has 2 aromatic carbocycles.